The molecule has 4 aromatic heterocycles. The van der Waals surface area contributed by atoms with E-state index < -0.39 is 12.2 Å². The first-order valence-corrected chi connectivity index (χ1v) is 13.7. The molecule has 3 N–H and O–H groups in total. The van der Waals surface area contributed by atoms with Crippen molar-refractivity contribution in [2.75, 3.05) is 56.6 Å². The summed E-state index contributed by atoms with van der Waals surface area (Å²) in [6, 6.07) is 8.26. The Bertz CT molecular complexity index is 1810. The average molecular weight is 580 g/mol. The molecular weight excluding hydrogens is 549 g/mol. The molecule has 5 aromatic rings. The molecule has 2 saturated heterocycles. The van der Waals surface area contributed by atoms with Crippen molar-refractivity contribution in [2.45, 2.75) is 18.8 Å². The molecule has 1 aromatic carbocycles. The molecule has 0 saturated carbocycles. The number of piperazine rings is 1. The summed E-state index contributed by atoms with van der Waals surface area (Å²) in [4.78, 5) is 26.6. The van der Waals surface area contributed by atoms with E-state index >= 15 is 0 Å². The summed E-state index contributed by atoms with van der Waals surface area (Å²) >= 11 is 0. The van der Waals surface area contributed by atoms with Gasteiger partial charge in [-0.15, -0.1) is 5.10 Å². The van der Waals surface area contributed by atoms with Gasteiger partial charge in [0.25, 0.3) is 0 Å². The van der Waals surface area contributed by atoms with Crippen LogP contribution in [0.4, 0.5) is 16.0 Å². The van der Waals surface area contributed by atoms with Crippen LogP contribution < -0.4 is 21.1 Å². The van der Waals surface area contributed by atoms with Crippen LogP contribution in [0.1, 0.15) is 0 Å². The van der Waals surface area contributed by atoms with Crippen LogP contribution in [0.2, 0.25) is 0 Å². The van der Waals surface area contributed by atoms with Gasteiger partial charge in [0.1, 0.15) is 29.3 Å². The fraction of sp³-hybridized carbons (Fsp3) is 0.407. The third-order valence-corrected chi connectivity index (χ3v) is 7.88. The summed E-state index contributed by atoms with van der Waals surface area (Å²) in [6.07, 6.45) is 0.315. The number of aliphatic hydroxyl groups excluding tert-OH is 1. The SMILES string of the molecule is Cn1c(=O)n(CCN2CCN(c3ccc(O[C@@H]4COC[C@H]4O)cc3F)CC2)c2nc(N)n3nc(-c4ccco4)nc3c21. The molecule has 7 rings (SSSR count). The summed E-state index contributed by atoms with van der Waals surface area (Å²) in [7, 11) is 1.67. The molecule has 0 unspecified atom stereocenters. The van der Waals surface area contributed by atoms with Gasteiger partial charge in [-0.2, -0.15) is 9.50 Å². The van der Waals surface area contributed by atoms with Crippen molar-refractivity contribution in [3.8, 4) is 17.3 Å². The lowest BCUT2D eigenvalue weighted by atomic mass is 10.2. The van der Waals surface area contributed by atoms with Gasteiger partial charge in [0.05, 0.1) is 25.2 Å². The third-order valence-electron chi connectivity index (χ3n) is 7.88. The summed E-state index contributed by atoms with van der Waals surface area (Å²) in [5.74, 6) is 0.926. The second kappa shape index (κ2) is 10.4. The minimum absolute atomic E-state index is 0.113. The second-order valence-corrected chi connectivity index (χ2v) is 10.5. The molecule has 220 valence electrons. The van der Waals surface area contributed by atoms with Gasteiger partial charge in [-0.05, 0) is 24.3 Å². The Balaban J connectivity index is 1.04. The number of fused-ring (bicyclic) bond motifs is 3. The standard InChI is InChI=1S/C27H30FN9O5/c1-33-22-24(31-26(29)37-25(22)30-23(32-37)20-3-2-12-41-20)36(27(33)39)11-8-34-6-9-35(10-7-34)18-5-4-16(13-17(18)28)42-21-15-40-14-19(21)38/h2-5,12-13,19,21,38H,6-11,14-15H2,1H3,(H2,29,31)/t19-,21-/m1/s1. The number of anilines is 2. The number of halogens is 1. The number of ether oxygens (including phenoxy) is 2. The van der Waals surface area contributed by atoms with Crippen molar-refractivity contribution >= 4 is 28.4 Å². The van der Waals surface area contributed by atoms with Gasteiger partial charge >= 0.3 is 5.69 Å². The molecule has 0 spiro atoms. The quantitative estimate of drug-likeness (QED) is 0.280. The number of furan rings is 1. The fourth-order valence-electron chi connectivity index (χ4n) is 5.58. The zero-order valence-electron chi connectivity index (χ0n) is 22.9. The van der Waals surface area contributed by atoms with Gasteiger partial charge in [0.15, 0.2) is 17.1 Å². The van der Waals surface area contributed by atoms with Crippen molar-refractivity contribution in [1.82, 2.24) is 33.6 Å². The molecule has 6 heterocycles. The Labute approximate surface area is 238 Å². The number of nitrogens with two attached hydrogens (primary N) is 1. The third kappa shape index (κ3) is 4.55. The molecule has 15 heteroatoms. The van der Waals surface area contributed by atoms with Gasteiger partial charge < -0.3 is 29.6 Å². The lowest BCUT2D eigenvalue weighted by molar-refractivity contribution is 0.0731. The van der Waals surface area contributed by atoms with Crippen molar-refractivity contribution in [1.29, 1.82) is 0 Å². The number of benzene rings is 1. The van der Waals surface area contributed by atoms with Crippen molar-refractivity contribution < 1.29 is 23.4 Å². The van der Waals surface area contributed by atoms with Crippen LogP contribution in [0.15, 0.2) is 45.8 Å². The molecule has 0 bridgehead atoms. The number of aryl methyl sites for hydroxylation is 1. The molecule has 0 aliphatic carbocycles. The van der Waals surface area contributed by atoms with Gasteiger partial charge in [-0.25, -0.2) is 14.2 Å². The molecule has 2 fully saturated rings. The van der Waals surface area contributed by atoms with Gasteiger partial charge in [-0.1, -0.05) is 0 Å². The van der Waals surface area contributed by atoms with Crippen LogP contribution in [0.3, 0.4) is 0 Å². The van der Waals surface area contributed by atoms with E-state index in [0.29, 0.717) is 79.1 Å². The highest BCUT2D eigenvalue weighted by Gasteiger charge is 2.29. The Morgan fingerprint density at radius 1 is 1.12 bits per heavy atom. The molecule has 2 aliphatic rings. The van der Waals surface area contributed by atoms with Crippen LogP contribution in [-0.2, 0) is 18.3 Å². The number of nitrogen functional groups attached to an aromatic ring is 1. The highest BCUT2D eigenvalue weighted by atomic mass is 19.1. The summed E-state index contributed by atoms with van der Waals surface area (Å²) in [6.45, 7) is 4.13. The zero-order chi connectivity index (χ0) is 29.0. The molecule has 2 aliphatic heterocycles. The number of hydrogen-bond donors (Lipinski definition) is 2. The maximum absolute atomic E-state index is 15.0. The summed E-state index contributed by atoms with van der Waals surface area (Å²) in [5.41, 5.74) is 7.87. The molecule has 2 atom stereocenters. The Hall–Kier alpha value is -4.47. The largest absolute Gasteiger partial charge is 0.485 e. The monoisotopic (exact) mass is 579 g/mol. The maximum Gasteiger partial charge on any atom is 0.330 e. The lowest BCUT2D eigenvalue weighted by Gasteiger charge is -2.36. The summed E-state index contributed by atoms with van der Waals surface area (Å²) < 4.78 is 35.8. The first kappa shape index (κ1) is 26.4. The van der Waals surface area contributed by atoms with E-state index in [1.807, 2.05) is 4.90 Å². The number of aromatic nitrogens is 6. The Kier molecular flexibility index (Phi) is 6.56. The van der Waals surface area contributed by atoms with E-state index in [2.05, 4.69) is 20.0 Å². The predicted octanol–water partition coefficient (Wildman–Crippen LogP) is 0.720. The van der Waals surface area contributed by atoms with Gasteiger partial charge in [0.2, 0.25) is 11.8 Å². The highest BCUT2D eigenvalue weighted by molar-refractivity contribution is 5.88. The van der Waals surface area contributed by atoms with Crippen molar-refractivity contribution in [3.63, 3.8) is 0 Å². The smallest absolute Gasteiger partial charge is 0.330 e. The molecule has 42 heavy (non-hydrogen) atoms. The van der Waals surface area contributed by atoms with E-state index in [1.54, 1.807) is 35.9 Å². The Morgan fingerprint density at radius 3 is 2.67 bits per heavy atom. The molecule has 0 amide bonds. The fourth-order valence-corrected chi connectivity index (χ4v) is 5.58. The normalized spacial score (nSPS) is 19.8. The lowest BCUT2D eigenvalue weighted by Crippen LogP contribution is -2.47. The summed E-state index contributed by atoms with van der Waals surface area (Å²) in [5, 5.41) is 14.3. The number of hydrogen-bond acceptors (Lipinski definition) is 11. The predicted molar refractivity (Wildman–Crippen MR) is 150 cm³/mol. The first-order valence-electron chi connectivity index (χ1n) is 13.7. The van der Waals surface area contributed by atoms with Crippen molar-refractivity contribution in [2.24, 2.45) is 7.05 Å². The highest BCUT2D eigenvalue weighted by Crippen LogP contribution is 2.27. The van der Waals surface area contributed by atoms with Crippen LogP contribution >= 0.6 is 0 Å². The minimum atomic E-state index is -0.720. The van der Waals surface area contributed by atoms with Crippen LogP contribution in [0.25, 0.3) is 28.4 Å². The van der Waals surface area contributed by atoms with E-state index in [-0.39, 0.29) is 30.7 Å². The van der Waals surface area contributed by atoms with Crippen LogP contribution in [-0.4, -0.2) is 96.9 Å². The van der Waals surface area contributed by atoms with Crippen molar-refractivity contribution in [3.05, 3.63) is 52.9 Å². The zero-order valence-corrected chi connectivity index (χ0v) is 22.9. The first-order chi connectivity index (χ1) is 20.4. The van der Waals surface area contributed by atoms with E-state index in [0.717, 1.165) is 0 Å². The average Bonchev–Trinajstić information content (AvgIpc) is 3.78. The second-order valence-electron chi connectivity index (χ2n) is 10.5. The Morgan fingerprint density at radius 2 is 1.95 bits per heavy atom. The number of aliphatic hydroxyl groups is 1. The maximum atomic E-state index is 15.0. The van der Waals surface area contributed by atoms with E-state index in [1.165, 1.54) is 21.4 Å². The van der Waals surface area contributed by atoms with Gasteiger partial charge in [0, 0.05) is 52.4 Å². The minimum Gasteiger partial charge on any atom is -0.485 e. The topological polar surface area (TPSA) is 154 Å². The number of imidazole rings is 1. The van der Waals surface area contributed by atoms with E-state index in [4.69, 9.17) is 19.6 Å². The van der Waals surface area contributed by atoms with E-state index in [9.17, 15) is 14.3 Å². The van der Waals surface area contributed by atoms with Gasteiger partial charge in [-0.3, -0.25) is 14.0 Å². The number of nitrogens with zero attached hydrogens (tertiary/aromatic N) is 8. The van der Waals surface area contributed by atoms with Crippen LogP contribution in [0, 0.1) is 5.82 Å². The molecular formula is C27H30FN9O5. The molecule has 0 radical (unpaired) electrons. The van der Waals surface area contributed by atoms with Crippen LogP contribution in [0.5, 0.6) is 5.75 Å². The molecule has 14 nitrogen and oxygen atoms in total. The number of rotatable bonds is 7.